The third kappa shape index (κ3) is 4.51. The van der Waals surface area contributed by atoms with Crippen molar-refractivity contribution in [3.05, 3.63) is 66.0 Å². The minimum Gasteiger partial charge on any atom is -0.441 e. The number of aromatic nitrogens is 3. The number of oxazole rings is 1. The molecule has 0 bridgehead atoms. The Bertz CT molecular complexity index is 1400. The van der Waals surface area contributed by atoms with Crippen LogP contribution in [0.1, 0.15) is 42.7 Å². The molecule has 1 amide bonds. The number of hydrogen-bond donors (Lipinski definition) is 1. The molecule has 1 aliphatic rings. The largest absolute Gasteiger partial charge is 0.441 e. The number of aryl methyl sites for hydroxylation is 1. The Hall–Kier alpha value is -3.72. The van der Waals surface area contributed by atoms with E-state index >= 15 is 0 Å². The van der Waals surface area contributed by atoms with E-state index in [4.69, 9.17) is 9.15 Å². The third-order valence-corrected chi connectivity index (χ3v) is 6.16. The molecule has 0 saturated carbocycles. The normalized spacial score (nSPS) is 14.5. The van der Waals surface area contributed by atoms with Gasteiger partial charge in [-0.15, -0.1) is 0 Å². The number of benzene rings is 1. The van der Waals surface area contributed by atoms with Crippen LogP contribution in [0.15, 0.2) is 47.5 Å². The van der Waals surface area contributed by atoms with E-state index in [2.05, 4.69) is 26.3 Å². The van der Waals surface area contributed by atoms with E-state index in [0.29, 0.717) is 18.9 Å². The molecule has 8 nitrogen and oxygen atoms in total. The fraction of sp³-hybridized carbons (Fsp3) is 0.346. The van der Waals surface area contributed by atoms with Crippen molar-refractivity contribution in [3.63, 3.8) is 0 Å². The van der Waals surface area contributed by atoms with E-state index in [-0.39, 0.29) is 17.0 Å². The van der Waals surface area contributed by atoms with Gasteiger partial charge in [0.25, 0.3) is 5.89 Å². The summed E-state index contributed by atoms with van der Waals surface area (Å²) in [5.41, 5.74) is 4.71. The minimum absolute atomic E-state index is 0.0600. The summed E-state index contributed by atoms with van der Waals surface area (Å²) in [5.74, 6) is -1.24. The first-order chi connectivity index (χ1) is 16.7. The summed E-state index contributed by atoms with van der Waals surface area (Å²) in [6, 6.07) is 5.13. The highest BCUT2D eigenvalue weighted by Crippen LogP contribution is 2.33. The average molecular weight is 478 g/mol. The lowest BCUT2D eigenvalue weighted by Gasteiger charge is -2.29. The molecule has 182 valence electrons. The summed E-state index contributed by atoms with van der Waals surface area (Å²) < 4.78 is 27.7. The predicted octanol–water partition coefficient (Wildman–Crippen LogP) is 4.82. The number of anilines is 2. The molecular formula is C26H28FN5O3. The van der Waals surface area contributed by atoms with Crippen LogP contribution < -0.4 is 10.2 Å². The van der Waals surface area contributed by atoms with E-state index in [1.807, 2.05) is 44.5 Å². The summed E-state index contributed by atoms with van der Waals surface area (Å²) in [6.07, 6.45) is 7.06. The first-order valence-corrected chi connectivity index (χ1v) is 11.6. The van der Waals surface area contributed by atoms with Gasteiger partial charge in [-0.3, -0.25) is 4.79 Å². The van der Waals surface area contributed by atoms with Crippen molar-refractivity contribution >= 4 is 22.9 Å². The van der Waals surface area contributed by atoms with Crippen molar-refractivity contribution in [2.75, 3.05) is 36.5 Å². The van der Waals surface area contributed by atoms with Crippen LogP contribution in [0.2, 0.25) is 0 Å². The topological polar surface area (TPSA) is 84.9 Å². The van der Waals surface area contributed by atoms with Gasteiger partial charge in [0.1, 0.15) is 12.1 Å². The number of morpholine rings is 1. The zero-order chi connectivity index (χ0) is 24.7. The molecule has 4 heterocycles. The van der Waals surface area contributed by atoms with Crippen molar-refractivity contribution in [2.45, 2.75) is 33.1 Å². The fourth-order valence-corrected chi connectivity index (χ4v) is 4.18. The molecule has 1 aliphatic heterocycles. The van der Waals surface area contributed by atoms with Crippen LogP contribution in [0.3, 0.4) is 0 Å². The van der Waals surface area contributed by atoms with Gasteiger partial charge in [0.05, 0.1) is 30.3 Å². The summed E-state index contributed by atoms with van der Waals surface area (Å²) >= 11 is 0. The maximum Gasteiger partial charge on any atom is 0.311 e. The van der Waals surface area contributed by atoms with E-state index in [9.17, 15) is 9.18 Å². The van der Waals surface area contributed by atoms with Crippen molar-refractivity contribution in [2.24, 2.45) is 0 Å². The molecule has 1 N–H and O–H groups in total. The van der Waals surface area contributed by atoms with Gasteiger partial charge in [-0.05, 0) is 36.2 Å². The summed E-state index contributed by atoms with van der Waals surface area (Å²) in [6.45, 7) is 10.6. The highest BCUT2D eigenvalue weighted by molar-refractivity contribution is 6.01. The van der Waals surface area contributed by atoms with Gasteiger partial charge in [0.2, 0.25) is 0 Å². The van der Waals surface area contributed by atoms with Crippen LogP contribution in [-0.2, 0) is 10.2 Å². The van der Waals surface area contributed by atoms with Crippen LogP contribution >= 0.6 is 0 Å². The highest BCUT2D eigenvalue weighted by atomic mass is 19.1. The number of ether oxygens (including phenoxy) is 1. The fourth-order valence-electron chi connectivity index (χ4n) is 4.18. The number of pyridine rings is 1. The number of amides is 1. The van der Waals surface area contributed by atoms with Crippen LogP contribution in [0.25, 0.3) is 16.8 Å². The molecule has 0 unspecified atom stereocenters. The highest BCUT2D eigenvalue weighted by Gasteiger charge is 2.23. The Morgan fingerprint density at radius 2 is 1.94 bits per heavy atom. The van der Waals surface area contributed by atoms with Gasteiger partial charge in [-0.25, -0.2) is 14.4 Å². The molecule has 0 radical (unpaired) electrons. The van der Waals surface area contributed by atoms with E-state index in [1.165, 1.54) is 12.3 Å². The van der Waals surface area contributed by atoms with Crippen molar-refractivity contribution in [3.8, 4) is 11.1 Å². The van der Waals surface area contributed by atoms with Gasteiger partial charge in [-0.1, -0.05) is 20.8 Å². The number of imidazole rings is 1. The lowest BCUT2D eigenvalue weighted by atomic mass is 9.93. The Kier molecular flexibility index (Phi) is 5.80. The summed E-state index contributed by atoms with van der Waals surface area (Å²) in [7, 11) is 0. The zero-order valence-electron chi connectivity index (χ0n) is 20.3. The monoisotopic (exact) mass is 477 g/mol. The number of hydrogen-bond acceptors (Lipinski definition) is 6. The standard InChI is InChI=1S/C26H28FN5O3/c1-16-11-19(27)20(29-24(33)25-30-22(15-35-25)26(2,3)4)13-18(16)17-12-21(31-7-9-34-10-8-31)23-28-5-6-32(23)14-17/h5-6,11-15H,7-10H2,1-4H3,(H,29,33). The molecular weight excluding hydrogens is 449 g/mol. The van der Waals surface area contributed by atoms with E-state index < -0.39 is 11.7 Å². The predicted molar refractivity (Wildman–Crippen MR) is 132 cm³/mol. The molecule has 4 aromatic rings. The van der Waals surface area contributed by atoms with Crippen LogP contribution in [0, 0.1) is 12.7 Å². The average Bonchev–Trinajstić information content (AvgIpc) is 3.50. The number of carbonyl (C=O) groups is 1. The molecule has 1 aromatic carbocycles. The molecule has 9 heteroatoms. The third-order valence-electron chi connectivity index (χ3n) is 6.16. The number of rotatable bonds is 4. The van der Waals surface area contributed by atoms with Crippen molar-refractivity contribution < 1.29 is 18.3 Å². The van der Waals surface area contributed by atoms with Gasteiger partial charge >= 0.3 is 5.91 Å². The number of halogens is 1. The summed E-state index contributed by atoms with van der Waals surface area (Å²) in [4.78, 5) is 23.8. The Morgan fingerprint density at radius 1 is 1.17 bits per heavy atom. The molecule has 5 rings (SSSR count). The quantitative estimate of drug-likeness (QED) is 0.454. The van der Waals surface area contributed by atoms with E-state index in [1.54, 1.807) is 12.3 Å². The Labute approximate surface area is 202 Å². The van der Waals surface area contributed by atoms with Crippen LogP contribution in [0.4, 0.5) is 15.8 Å². The number of fused-ring (bicyclic) bond motifs is 1. The van der Waals surface area contributed by atoms with E-state index in [0.717, 1.165) is 41.1 Å². The molecule has 35 heavy (non-hydrogen) atoms. The molecule has 0 atom stereocenters. The Balaban J connectivity index is 1.51. The molecule has 0 aliphatic carbocycles. The van der Waals surface area contributed by atoms with Crippen molar-refractivity contribution in [1.29, 1.82) is 0 Å². The molecule has 3 aromatic heterocycles. The van der Waals surface area contributed by atoms with Crippen molar-refractivity contribution in [1.82, 2.24) is 14.4 Å². The first kappa shape index (κ1) is 23.0. The minimum atomic E-state index is -0.603. The van der Waals surface area contributed by atoms with Gasteiger partial charge in [-0.2, -0.15) is 0 Å². The number of carbonyl (C=O) groups excluding carboxylic acids is 1. The lowest BCUT2D eigenvalue weighted by molar-refractivity contribution is 0.0989. The second-order valence-corrected chi connectivity index (χ2v) is 9.76. The number of nitrogens with zero attached hydrogens (tertiary/aromatic N) is 4. The first-order valence-electron chi connectivity index (χ1n) is 11.6. The van der Waals surface area contributed by atoms with Crippen LogP contribution in [0.5, 0.6) is 0 Å². The SMILES string of the molecule is Cc1cc(F)c(NC(=O)c2nc(C(C)(C)C)co2)cc1-c1cc(N2CCOCC2)c2nccn2c1. The van der Waals surface area contributed by atoms with Gasteiger partial charge in [0.15, 0.2) is 5.65 Å². The van der Waals surface area contributed by atoms with Gasteiger partial charge < -0.3 is 23.8 Å². The molecule has 0 spiro atoms. The smallest absolute Gasteiger partial charge is 0.311 e. The molecule has 1 saturated heterocycles. The van der Waals surface area contributed by atoms with Gasteiger partial charge in [0, 0.05) is 42.7 Å². The zero-order valence-corrected chi connectivity index (χ0v) is 20.3. The van der Waals surface area contributed by atoms with Crippen LogP contribution in [-0.4, -0.2) is 46.6 Å². The summed E-state index contributed by atoms with van der Waals surface area (Å²) in [5, 5.41) is 2.62. The second-order valence-electron chi connectivity index (χ2n) is 9.76. The number of nitrogens with one attached hydrogen (secondary N) is 1. The lowest BCUT2D eigenvalue weighted by Crippen LogP contribution is -2.36. The molecule has 1 fully saturated rings. The maximum atomic E-state index is 14.9. The Morgan fingerprint density at radius 3 is 2.66 bits per heavy atom. The maximum absolute atomic E-state index is 14.9. The second kappa shape index (κ2) is 8.81.